The highest BCUT2D eigenvalue weighted by Crippen LogP contribution is 2.33. The molecule has 0 radical (unpaired) electrons. The average molecular weight is 291 g/mol. The Morgan fingerprint density at radius 3 is 2.76 bits per heavy atom. The van der Waals surface area contributed by atoms with E-state index >= 15 is 0 Å². The van der Waals surface area contributed by atoms with Gasteiger partial charge in [0.1, 0.15) is 0 Å². The van der Waals surface area contributed by atoms with E-state index in [2.05, 4.69) is 5.32 Å². The van der Waals surface area contributed by atoms with E-state index in [1.807, 2.05) is 44.2 Å². The van der Waals surface area contributed by atoms with Crippen molar-refractivity contribution in [2.45, 2.75) is 38.9 Å². The first-order valence-electron chi connectivity index (χ1n) is 7.72. The Morgan fingerprint density at radius 1 is 1.38 bits per heavy atom. The molecular formula is C17H25NO3. The van der Waals surface area contributed by atoms with Crippen LogP contribution < -0.4 is 5.32 Å². The quantitative estimate of drug-likeness (QED) is 0.875. The predicted molar refractivity (Wildman–Crippen MR) is 81.7 cm³/mol. The zero-order valence-electron chi connectivity index (χ0n) is 12.8. The van der Waals surface area contributed by atoms with E-state index in [0.717, 1.165) is 18.4 Å². The molecule has 1 fully saturated rings. The number of benzene rings is 1. The van der Waals surface area contributed by atoms with Crippen molar-refractivity contribution in [1.29, 1.82) is 0 Å². The zero-order chi connectivity index (χ0) is 15.2. The van der Waals surface area contributed by atoms with Gasteiger partial charge in [-0.15, -0.1) is 0 Å². The SMILES string of the molecule is CC(C)C(O)CNC(=O)C1CCCOC1c1ccccc1. The summed E-state index contributed by atoms with van der Waals surface area (Å²) in [6.45, 7) is 4.87. The number of amides is 1. The summed E-state index contributed by atoms with van der Waals surface area (Å²) >= 11 is 0. The Labute approximate surface area is 126 Å². The second-order valence-electron chi connectivity index (χ2n) is 6.01. The topological polar surface area (TPSA) is 58.6 Å². The van der Waals surface area contributed by atoms with Crippen molar-refractivity contribution in [1.82, 2.24) is 5.32 Å². The Balaban J connectivity index is 2.00. The number of carbonyl (C=O) groups excluding carboxylic acids is 1. The maximum absolute atomic E-state index is 12.4. The second-order valence-corrected chi connectivity index (χ2v) is 6.01. The molecule has 1 aliphatic rings. The summed E-state index contributed by atoms with van der Waals surface area (Å²) in [5.41, 5.74) is 1.04. The number of nitrogens with one attached hydrogen (secondary N) is 1. The first-order valence-corrected chi connectivity index (χ1v) is 7.72. The largest absolute Gasteiger partial charge is 0.391 e. The van der Waals surface area contributed by atoms with E-state index in [4.69, 9.17) is 4.74 Å². The number of rotatable bonds is 5. The first kappa shape index (κ1) is 16.0. The number of carbonyl (C=O) groups is 1. The lowest BCUT2D eigenvalue weighted by atomic mass is 9.88. The lowest BCUT2D eigenvalue weighted by molar-refractivity contribution is -0.135. The number of hydrogen-bond donors (Lipinski definition) is 2. The van der Waals surface area contributed by atoms with Crippen LogP contribution in [0.3, 0.4) is 0 Å². The third-order valence-electron chi connectivity index (χ3n) is 4.04. The van der Waals surface area contributed by atoms with Crippen molar-refractivity contribution in [3.63, 3.8) is 0 Å². The van der Waals surface area contributed by atoms with Crippen molar-refractivity contribution in [2.24, 2.45) is 11.8 Å². The highest BCUT2D eigenvalue weighted by Gasteiger charge is 2.33. The van der Waals surface area contributed by atoms with Crippen LogP contribution in [0.1, 0.15) is 38.4 Å². The molecule has 4 nitrogen and oxygen atoms in total. The van der Waals surface area contributed by atoms with E-state index in [1.165, 1.54) is 0 Å². The third kappa shape index (κ3) is 4.29. The van der Waals surface area contributed by atoms with E-state index < -0.39 is 6.10 Å². The summed E-state index contributed by atoms with van der Waals surface area (Å²) in [6.07, 6.45) is 1.03. The van der Waals surface area contributed by atoms with Crippen LogP contribution in [0.2, 0.25) is 0 Å². The molecule has 1 aliphatic heterocycles. The van der Waals surface area contributed by atoms with Gasteiger partial charge in [-0.25, -0.2) is 0 Å². The smallest absolute Gasteiger partial charge is 0.226 e. The molecule has 21 heavy (non-hydrogen) atoms. The molecule has 2 rings (SSSR count). The van der Waals surface area contributed by atoms with Gasteiger partial charge in [-0.05, 0) is 24.3 Å². The van der Waals surface area contributed by atoms with Crippen LogP contribution in [0, 0.1) is 11.8 Å². The lowest BCUT2D eigenvalue weighted by Gasteiger charge is -2.31. The fourth-order valence-corrected chi connectivity index (χ4v) is 2.59. The summed E-state index contributed by atoms with van der Waals surface area (Å²) < 4.78 is 5.83. The van der Waals surface area contributed by atoms with Crippen molar-refractivity contribution in [3.05, 3.63) is 35.9 Å². The van der Waals surface area contributed by atoms with Gasteiger partial charge in [-0.1, -0.05) is 44.2 Å². The molecule has 1 aromatic rings. The predicted octanol–water partition coefficient (Wildman–Crippen LogP) is 2.29. The minimum atomic E-state index is -0.506. The van der Waals surface area contributed by atoms with Crippen LogP contribution in [0.5, 0.6) is 0 Å². The monoisotopic (exact) mass is 291 g/mol. The molecule has 0 aromatic heterocycles. The molecule has 3 unspecified atom stereocenters. The van der Waals surface area contributed by atoms with Crippen molar-refractivity contribution in [2.75, 3.05) is 13.2 Å². The van der Waals surface area contributed by atoms with Crippen LogP contribution in [-0.4, -0.2) is 30.3 Å². The van der Waals surface area contributed by atoms with Crippen LogP contribution in [-0.2, 0) is 9.53 Å². The van der Waals surface area contributed by atoms with Crippen LogP contribution in [0.15, 0.2) is 30.3 Å². The molecule has 0 aliphatic carbocycles. The van der Waals surface area contributed by atoms with E-state index in [-0.39, 0.29) is 23.8 Å². The van der Waals surface area contributed by atoms with Gasteiger partial charge in [-0.2, -0.15) is 0 Å². The minimum absolute atomic E-state index is 0.0248. The second kappa shape index (κ2) is 7.57. The summed E-state index contributed by atoms with van der Waals surface area (Å²) in [5, 5.41) is 12.7. The Morgan fingerprint density at radius 2 is 2.10 bits per heavy atom. The van der Waals surface area contributed by atoms with Gasteiger partial charge in [0.2, 0.25) is 5.91 Å². The lowest BCUT2D eigenvalue weighted by Crippen LogP contribution is -2.41. The average Bonchev–Trinajstić information content (AvgIpc) is 2.53. The highest BCUT2D eigenvalue weighted by molar-refractivity contribution is 5.79. The third-order valence-corrected chi connectivity index (χ3v) is 4.04. The summed E-state index contributed by atoms with van der Waals surface area (Å²) in [4.78, 5) is 12.4. The van der Waals surface area contributed by atoms with E-state index in [1.54, 1.807) is 0 Å². The van der Waals surface area contributed by atoms with Gasteiger partial charge in [-0.3, -0.25) is 4.79 Å². The summed E-state index contributed by atoms with van der Waals surface area (Å²) in [7, 11) is 0. The van der Waals surface area contributed by atoms with Gasteiger partial charge in [0.15, 0.2) is 0 Å². The maximum atomic E-state index is 12.4. The molecule has 0 saturated carbocycles. The summed E-state index contributed by atoms with van der Waals surface area (Å²) in [6, 6.07) is 9.88. The molecule has 1 saturated heterocycles. The standard InChI is InChI=1S/C17H25NO3/c1-12(2)15(19)11-18-17(20)14-9-6-10-21-16(14)13-7-4-3-5-8-13/h3-5,7-8,12,14-16,19H,6,9-11H2,1-2H3,(H,18,20). The fraction of sp³-hybridized carbons (Fsp3) is 0.588. The van der Waals surface area contributed by atoms with E-state index in [9.17, 15) is 9.90 Å². The molecular weight excluding hydrogens is 266 g/mol. The number of aliphatic hydroxyl groups is 1. The molecule has 1 amide bonds. The van der Waals surface area contributed by atoms with Gasteiger partial charge in [0.25, 0.3) is 0 Å². The molecule has 1 heterocycles. The van der Waals surface area contributed by atoms with Gasteiger partial charge in [0, 0.05) is 13.2 Å². The molecule has 116 valence electrons. The Bertz CT molecular complexity index is 447. The molecule has 0 spiro atoms. The normalized spacial score (nSPS) is 23.8. The maximum Gasteiger partial charge on any atom is 0.226 e. The van der Waals surface area contributed by atoms with Gasteiger partial charge >= 0.3 is 0 Å². The molecule has 2 N–H and O–H groups in total. The minimum Gasteiger partial charge on any atom is -0.391 e. The van der Waals surface area contributed by atoms with Crippen LogP contribution >= 0.6 is 0 Å². The summed E-state index contributed by atoms with van der Waals surface area (Å²) in [5.74, 6) is -0.0680. The fourth-order valence-electron chi connectivity index (χ4n) is 2.59. The molecule has 0 bridgehead atoms. The van der Waals surface area contributed by atoms with Crippen molar-refractivity contribution >= 4 is 5.91 Å². The van der Waals surface area contributed by atoms with Crippen molar-refractivity contribution < 1.29 is 14.6 Å². The Kier molecular flexibility index (Phi) is 5.76. The highest BCUT2D eigenvalue weighted by atomic mass is 16.5. The molecule has 1 aromatic carbocycles. The van der Waals surface area contributed by atoms with Gasteiger partial charge in [0.05, 0.1) is 18.1 Å². The molecule has 4 heteroatoms. The zero-order valence-corrected chi connectivity index (χ0v) is 12.8. The van der Waals surface area contributed by atoms with E-state index in [0.29, 0.717) is 13.2 Å². The van der Waals surface area contributed by atoms with Crippen LogP contribution in [0.25, 0.3) is 0 Å². The Hall–Kier alpha value is -1.39. The number of aliphatic hydroxyl groups excluding tert-OH is 1. The molecule has 3 atom stereocenters. The van der Waals surface area contributed by atoms with Crippen LogP contribution in [0.4, 0.5) is 0 Å². The number of ether oxygens (including phenoxy) is 1. The van der Waals surface area contributed by atoms with Gasteiger partial charge < -0.3 is 15.2 Å². The first-order chi connectivity index (χ1) is 10.1. The number of hydrogen-bond acceptors (Lipinski definition) is 3. The van der Waals surface area contributed by atoms with Crippen molar-refractivity contribution in [3.8, 4) is 0 Å².